The smallest absolute Gasteiger partial charge is 0.275 e. The van der Waals surface area contributed by atoms with Gasteiger partial charge in [0.2, 0.25) is 0 Å². The van der Waals surface area contributed by atoms with Crippen molar-refractivity contribution in [2.24, 2.45) is 0 Å². The standard InChI is InChI=1S/C16H15ClN4O/c1-3-21-14(8-10(2)20-21)16(22)19-15-7-5-11-4-6-12(17)9-13(11)18-15/h4-9H,3H2,1-2H3,(H,18,19,22). The second kappa shape index (κ2) is 5.77. The van der Waals surface area contributed by atoms with E-state index >= 15 is 0 Å². The molecule has 1 N–H and O–H groups in total. The lowest BCUT2D eigenvalue weighted by Gasteiger charge is -2.07. The molecule has 0 unspecified atom stereocenters. The molecular formula is C16H15ClN4O. The second-order valence-electron chi connectivity index (χ2n) is 4.97. The molecule has 6 heteroatoms. The molecule has 0 atom stereocenters. The Morgan fingerprint density at radius 3 is 2.82 bits per heavy atom. The molecule has 0 spiro atoms. The van der Waals surface area contributed by atoms with Crippen LogP contribution in [0.4, 0.5) is 5.82 Å². The Morgan fingerprint density at radius 1 is 1.27 bits per heavy atom. The minimum absolute atomic E-state index is 0.226. The van der Waals surface area contributed by atoms with Crippen LogP contribution in [0, 0.1) is 6.92 Å². The van der Waals surface area contributed by atoms with Crippen molar-refractivity contribution in [1.29, 1.82) is 0 Å². The molecule has 0 fully saturated rings. The number of amides is 1. The first-order valence-corrected chi connectivity index (χ1v) is 7.36. The van der Waals surface area contributed by atoms with Crippen molar-refractivity contribution in [3.8, 4) is 0 Å². The number of carbonyl (C=O) groups is 1. The van der Waals surface area contributed by atoms with Gasteiger partial charge >= 0.3 is 0 Å². The Balaban J connectivity index is 1.90. The molecule has 22 heavy (non-hydrogen) atoms. The van der Waals surface area contributed by atoms with Crippen molar-refractivity contribution in [3.05, 3.63) is 52.8 Å². The van der Waals surface area contributed by atoms with E-state index < -0.39 is 0 Å². The van der Waals surface area contributed by atoms with E-state index in [0.29, 0.717) is 23.1 Å². The van der Waals surface area contributed by atoms with Crippen molar-refractivity contribution in [1.82, 2.24) is 14.8 Å². The highest BCUT2D eigenvalue weighted by Gasteiger charge is 2.14. The molecule has 0 radical (unpaired) electrons. The maximum atomic E-state index is 12.4. The van der Waals surface area contributed by atoms with Crippen LogP contribution < -0.4 is 5.32 Å². The third-order valence-corrected chi connectivity index (χ3v) is 3.57. The van der Waals surface area contributed by atoms with Crippen LogP contribution in [0.5, 0.6) is 0 Å². The third-order valence-electron chi connectivity index (χ3n) is 3.33. The number of nitrogens with zero attached hydrogens (tertiary/aromatic N) is 3. The molecule has 3 rings (SSSR count). The lowest BCUT2D eigenvalue weighted by molar-refractivity contribution is 0.101. The average molecular weight is 315 g/mol. The minimum atomic E-state index is -0.226. The summed E-state index contributed by atoms with van der Waals surface area (Å²) in [6, 6.07) is 10.9. The summed E-state index contributed by atoms with van der Waals surface area (Å²) < 4.78 is 1.67. The zero-order valence-corrected chi connectivity index (χ0v) is 13.1. The second-order valence-corrected chi connectivity index (χ2v) is 5.41. The van der Waals surface area contributed by atoms with Gasteiger partial charge in [0.1, 0.15) is 11.5 Å². The zero-order chi connectivity index (χ0) is 15.7. The fourth-order valence-electron chi connectivity index (χ4n) is 2.31. The maximum Gasteiger partial charge on any atom is 0.275 e. The summed E-state index contributed by atoms with van der Waals surface area (Å²) >= 11 is 5.98. The summed E-state index contributed by atoms with van der Waals surface area (Å²) in [5.41, 5.74) is 2.07. The minimum Gasteiger partial charge on any atom is -0.305 e. The van der Waals surface area contributed by atoms with Crippen LogP contribution in [-0.2, 0) is 6.54 Å². The normalized spacial score (nSPS) is 10.9. The zero-order valence-electron chi connectivity index (χ0n) is 12.3. The number of hydrogen-bond donors (Lipinski definition) is 1. The summed E-state index contributed by atoms with van der Waals surface area (Å²) in [4.78, 5) is 16.8. The number of hydrogen-bond acceptors (Lipinski definition) is 3. The number of halogens is 1. The van der Waals surface area contributed by atoms with Crippen LogP contribution in [0.3, 0.4) is 0 Å². The number of aryl methyl sites for hydroxylation is 2. The van der Waals surface area contributed by atoms with Gasteiger partial charge in [0.15, 0.2) is 0 Å². The van der Waals surface area contributed by atoms with Crippen molar-refractivity contribution in [2.75, 3.05) is 5.32 Å². The summed E-state index contributed by atoms with van der Waals surface area (Å²) in [6.07, 6.45) is 0. The maximum absolute atomic E-state index is 12.4. The molecule has 0 aliphatic heterocycles. The number of anilines is 1. The van der Waals surface area contributed by atoms with E-state index in [-0.39, 0.29) is 5.91 Å². The first-order valence-electron chi connectivity index (χ1n) is 6.99. The summed E-state index contributed by atoms with van der Waals surface area (Å²) in [7, 11) is 0. The highest BCUT2D eigenvalue weighted by atomic mass is 35.5. The molecule has 1 aromatic carbocycles. The monoisotopic (exact) mass is 314 g/mol. The molecule has 0 aliphatic carbocycles. The summed E-state index contributed by atoms with van der Waals surface area (Å²) in [5.74, 6) is 0.262. The van der Waals surface area contributed by atoms with E-state index in [9.17, 15) is 4.79 Å². The highest BCUT2D eigenvalue weighted by molar-refractivity contribution is 6.31. The fraction of sp³-hybridized carbons (Fsp3) is 0.188. The lowest BCUT2D eigenvalue weighted by atomic mass is 10.2. The molecule has 1 amide bonds. The third kappa shape index (κ3) is 2.80. The van der Waals surface area contributed by atoms with E-state index in [2.05, 4.69) is 15.4 Å². The average Bonchev–Trinajstić information content (AvgIpc) is 2.88. The van der Waals surface area contributed by atoms with E-state index in [0.717, 1.165) is 16.6 Å². The molecule has 3 aromatic rings. The van der Waals surface area contributed by atoms with Crippen LogP contribution >= 0.6 is 11.6 Å². The largest absolute Gasteiger partial charge is 0.305 e. The highest BCUT2D eigenvalue weighted by Crippen LogP contribution is 2.20. The van der Waals surface area contributed by atoms with Crippen LogP contribution in [-0.4, -0.2) is 20.7 Å². The molecule has 0 saturated heterocycles. The number of benzene rings is 1. The Bertz CT molecular complexity index is 856. The van der Waals surface area contributed by atoms with Gasteiger partial charge in [0.25, 0.3) is 5.91 Å². The molecule has 0 bridgehead atoms. The number of pyridine rings is 1. The van der Waals surface area contributed by atoms with Gasteiger partial charge in [-0.1, -0.05) is 17.7 Å². The Kier molecular flexibility index (Phi) is 3.81. The van der Waals surface area contributed by atoms with Crippen molar-refractivity contribution < 1.29 is 4.79 Å². The van der Waals surface area contributed by atoms with Gasteiger partial charge in [0, 0.05) is 17.0 Å². The Morgan fingerprint density at radius 2 is 2.05 bits per heavy atom. The van der Waals surface area contributed by atoms with E-state index in [1.54, 1.807) is 22.9 Å². The Hall–Kier alpha value is -2.40. The van der Waals surface area contributed by atoms with E-state index in [1.807, 2.05) is 32.0 Å². The van der Waals surface area contributed by atoms with Gasteiger partial charge < -0.3 is 5.32 Å². The van der Waals surface area contributed by atoms with Crippen molar-refractivity contribution in [3.63, 3.8) is 0 Å². The molecule has 0 saturated carbocycles. The van der Waals surface area contributed by atoms with Gasteiger partial charge in [-0.2, -0.15) is 5.10 Å². The van der Waals surface area contributed by atoms with E-state index in [1.165, 1.54) is 0 Å². The van der Waals surface area contributed by atoms with Crippen LogP contribution in [0.25, 0.3) is 10.9 Å². The van der Waals surface area contributed by atoms with E-state index in [4.69, 9.17) is 11.6 Å². The van der Waals surface area contributed by atoms with Gasteiger partial charge in [0.05, 0.1) is 11.2 Å². The number of fused-ring (bicyclic) bond motifs is 1. The lowest BCUT2D eigenvalue weighted by Crippen LogP contribution is -2.18. The Labute approximate surface area is 132 Å². The van der Waals surface area contributed by atoms with Crippen molar-refractivity contribution in [2.45, 2.75) is 20.4 Å². The SMILES string of the molecule is CCn1nc(C)cc1C(=O)Nc1ccc2ccc(Cl)cc2n1. The van der Waals surface area contributed by atoms with Crippen LogP contribution in [0.2, 0.25) is 5.02 Å². The quantitative estimate of drug-likeness (QED) is 0.802. The molecular weight excluding hydrogens is 300 g/mol. The molecule has 0 aliphatic rings. The van der Waals surface area contributed by atoms with Crippen LogP contribution in [0.1, 0.15) is 23.1 Å². The molecule has 2 aromatic heterocycles. The van der Waals surface area contributed by atoms with Gasteiger partial charge in [-0.25, -0.2) is 4.98 Å². The number of aromatic nitrogens is 3. The predicted octanol–water partition coefficient (Wildman–Crippen LogP) is 3.67. The first-order chi connectivity index (χ1) is 10.6. The van der Waals surface area contributed by atoms with Gasteiger partial charge in [-0.15, -0.1) is 0 Å². The summed E-state index contributed by atoms with van der Waals surface area (Å²) in [5, 5.41) is 8.66. The van der Waals surface area contributed by atoms with Crippen LogP contribution in [0.15, 0.2) is 36.4 Å². The fourth-order valence-corrected chi connectivity index (χ4v) is 2.48. The van der Waals surface area contributed by atoms with Gasteiger partial charge in [-0.3, -0.25) is 9.48 Å². The number of nitrogens with one attached hydrogen (secondary N) is 1. The number of rotatable bonds is 3. The topological polar surface area (TPSA) is 59.8 Å². The molecule has 5 nitrogen and oxygen atoms in total. The number of carbonyl (C=O) groups excluding carboxylic acids is 1. The molecule has 112 valence electrons. The molecule has 2 heterocycles. The first kappa shape index (κ1) is 14.5. The summed E-state index contributed by atoms with van der Waals surface area (Å²) in [6.45, 7) is 4.44. The van der Waals surface area contributed by atoms with Gasteiger partial charge in [-0.05, 0) is 44.2 Å². The predicted molar refractivity (Wildman–Crippen MR) is 87.3 cm³/mol. The van der Waals surface area contributed by atoms with Crippen molar-refractivity contribution >= 4 is 34.2 Å².